The van der Waals surface area contributed by atoms with E-state index in [0.717, 1.165) is 0 Å². The number of para-hydroxylation sites is 1. The van der Waals surface area contributed by atoms with Crippen molar-refractivity contribution in [3.63, 3.8) is 0 Å². The first kappa shape index (κ1) is 14.6. The molecule has 104 valence electrons. The Hall–Kier alpha value is -1.78. The van der Waals surface area contributed by atoms with Crippen LogP contribution in [0.2, 0.25) is 10.0 Å². The second-order valence-electron chi connectivity index (χ2n) is 4.25. The Morgan fingerprint density at radius 2 is 2.00 bits per heavy atom. The monoisotopic (exact) mass is 312 g/mol. The predicted molar refractivity (Wildman–Crippen MR) is 80.0 cm³/mol. The molecular weight excluding hydrogens is 302 g/mol. The van der Waals surface area contributed by atoms with E-state index in [1.807, 2.05) is 0 Å². The van der Waals surface area contributed by atoms with E-state index in [4.69, 9.17) is 28.9 Å². The molecule has 2 aromatic carbocycles. The largest absolute Gasteiger partial charge is 0.399 e. The van der Waals surface area contributed by atoms with Crippen LogP contribution in [-0.4, -0.2) is 5.91 Å². The van der Waals surface area contributed by atoms with Crippen molar-refractivity contribution in [3.8, 4) is 0 Å². The fourth-order valence-corrected chi connectivity index (χ4v) is 2.17. The summed E-state index contributed by atoms with van der Waals surface area (Å²) in [5, 5.41) is 2.72. The van der Waals surface area contributed by atoms with E-state index in [1.54, 1.807) is 19.1 Å². The smallest absolute Gasteiger partial charge is 0.257 e. The first-order valence-corrected chi connectivity index (χ1v) is 6.46. The maximum absolute atomic E-state index is 13.7. The number of carbonyl (C=O) groups is 1. The van der Waals surface area contributed by atoms with Crippen LogP contribution in [0.15, 0.2) is 30.3 Å². The molecule has 0 spiro atoms. The van der Waals surface area contributed by atoms with Gasteiger partial charge < -0.3 is 11.1 Å². The SMILES string of the molecule is Cc1cccc(F)c1NC(=O)c1cc(N)cc(Cl)c1Cl. The first-order valence-electron chi connectivity index (χ1n) is 5.71. The van der Waals surface area contributed by atoms with Crippen LogP contribution in [0.1, 0.15) is 15.9 Å². The third-order valence-electron chi connectivity index (χ3n) is 2.76. The van der Waals surface area contributed by atoms with Crippen LogP contribution >= 0.6 is 23.2 Å². The molecule has 2 rings (SSSR count). The Labute approximate surface area is 125 Å². The van der Waals surface area contributed by atoms with Gasteiger partial charge in [-0.2, -0.15) is 0 Å². The number of benzene rings is 2. The van der Waals surface area contributed by atoms with Crippen LogP contribution in [0.3, 0.4) is 0 Å². The molecule has 3 N–H and O–H groups in total. The van der Waals surface area contributed by atoms with E-state index < -0.39 is 11.7 Å². The van der Waals surface area contributed by atoms with Gasteiger partial charge in [0.1, 0.15) is 5.82 Å². The Kier molecular flexibility index (Phi) is 4.16. The van der Waals surface area contributed by atoms with E-state index in [-0.39, 0.29) is 21.3 Å². The number of hydrogen-bond donors (Lipinski definition) is 2. The van der Waals surface area contributed by atoms with Crippen molar-refractivity contribution in [2.75, 3.05) is 11.1 Å². The lowest BCUT2D eigenvalue weighted by Crippen LogP contribution is -2.15. The predicted octanol–water partition coefficient (Wildman–Crippen LogP) is 4.28. The summed E-state index contributed by atoms with van der Waals surface area (Å²) in [6.07, 6.45) is 0. The summed E-state index contributed by atoms with van der Waals surface area (Å²) >= 11 is 11.8. The summed E-state index contributed by atoms with van der Waals surface area (Å²) in [5.41, 5.74) is 6.72. The summed E-state index contributed by atoms with van der Waals surface area (Å²) in [5.74, 6) is -1.10. The van der Waals surface area contributed by atoms with Gasteiger partial charge >= 0.3 is 0 Å². The van der Waals surface area contributed by atoms with Crippen LogP contribution in [-0.2, 0) is 0 Å². The first-order chi connectivity index (χ1) is 9.40. The molecule has 3 nitrogen and oxygen atoms in total. The highest BCUT2D eigenvalue weighted by atomic mass is 35.5. The van der Waals surface area contributed by atoms with E-state index in [1.165, 1.54) is 18.2 Å². The van der Waals surface area contributed by atoms with Crippen molar-refractivity contribution in [2.24, 2.45) is 0 Å². The molecule has 0 unspecified atom stereocenters. The summed E-state index contributed by atoms with van der Waals surface area (Å²) in [4.78, 5) is 12.2. The number of nitrogens with one attached hydrogen (secondary N) is 1. The Morgan fingerprint density at radius 3 is 2.65 bits per heavy atom. The van der Waals surface area contributed by atoms with Gasteiger partial charge in [0.25, 0.3) is 5.91 Å². The van der Waals surface area contributed by atoms with Gasteiger partial charge in [-0.25, -0.2) is 4.39 Å². The van der Waals surface area contributed by atoms with Gasteiger partial charge in [-0.15, -0.1) is 0 Å². The van der Waals surface area contributed by atoms with Crippen molar-refractivity contribution < 1.29 is 9.18 Å². The molecule has 1 amide bonds. The summed E-state index contributed by atoms with van der Waals surface area (Å²) in [6, 6.07) is 7.34. The molecule has 0 fully saturated rings. The minimum absolute atomic E-state index is 0.0763. The van der Waals surface area contributed by atoms with Crippen LogP contribution in [0.25, 0.3) is 0 Å². The third-order valence-corrected chi connectivity index (χ3v) is 3.56. The number of nitrogens with two attached hydrogens (primary N) is 1. The summed E-state index contributed by atoms with van der Waals surface area (Å²) < 4.78 is 13.7. The zero-order valence-electron chi connectivity index (χ0n) is 10.5. The van der Waals surface area contributed by atoms with Crippen molar-refractivity contribution in [2.45, 2.75) is 6.92 Å². The topological polar surface area (TPSA) is 55.1 Å². The number of aryl methyl sites for hydroxylation is 1. The molecule has 0 aliphatic heterocycles. The Balaban J connectivity index is 2.39. The molecule has 0 saturated carbocycles. The molecule has 0 aliphatic rings. The number of anilines is 2. The molecule has 0 bridgehead atoms. The van der Waals surface area contributed by atoms with Crippen molar-refractivity contribution >= 4 is 40.5 Å². The van der Waals surface area contributed by atoms with E-state index in [0.29, 0.717) is 11.3 Å². The average Bonchev–Trinajstić information content (AvgIpc) is 2.38. The number of amides is 1. The zero-order valence-corrected chi connectivity index (χ0v) is 12.0. The zero-order chi connectivity index (χ0) is 14.9. The van der Waals surface area contributed by atoms with Gasteiger partial charge in [0, 0.05) is 5.69 Å². The van der Waals surface area contributed by atoms with Gasteiger partial charge in [0.05, 0.1) is 21.3 Å². The van der Waals surface area contributed by atoms with Gasteiger partial charge in [-0.1, -0.05) is 35.3 Å². The molecule has 0 aromatic heterocycles. The number of halogens is 3. The normalized spacial score (nSPS) is 10.4. The lowest BCUT2D eigenvalue weighted by Gasteiger charge is -2.11. The lowest BCUT2D eigenvalue weighted by atomic mass is 10.1. The maximum Gasteiger partial charge on any atom is 0.257 e. The van der Waals surface area contributed by atoms with E-state index >= 15 is 0 Å². The molecule has 0 saturated heterocycles. The van der Waals surface area contributed by atoms with Gasteiger partial charge in [0.2, 0.25) is 0 Å². The van der Waals surface area contributed by atoms with Crippen molar-refractivity contribution in [1.29, 1.82) is 0 Å². The summed E-state index contributed by atoms with van der Waals surface area (Å²) in [7, 11) is 0. The molecule has 6 heteroatoms. The Morgan fingerprint density at radius 1 is 1.30 bits per heavy atom. The molecule has 2 aromatic rings. The van der Waals surface area contributed by atoms with Gasteiger partial charge in [0.15, 0.2) is 0 Å². The second-order valence-corrected chi connectivity index (χ2v) is 5.04. The molecule has 0 radical (unpaired) electrons. The fraction of sp³-hybridized carbons (Fsp3) is 0.0714. The molecule has 20 heavy (non-hydrogen) atoms. The number of carbonyl (C=O) groups excluding carboxylic acids is 1. The van der Waals surface area contributed by atoms with E-state index in [9.17, 15) is 9.18 Å². The second kappa shape index (κ2) is 5.69. The third kappa shape index (κ3) is 2.86. The Bertz CT molecular complexity index is 669. The minimum Gasteiger partial charge on any atom is -0.399 e. The molecule has 0 atom stereocenters. The van der Waals surface area contributed by atoms with Gasteiger partial charge in [-0.05, 0) is 30.7 Å². The molecular formula is C14H11Cl2FN2O. The quantitative estimate of drug-likeness (QED) is 0.813. The standard InChI is InChI=1S/C14H11Cl2FN2O/c1-7-3-2-4-11(17)13(7)19-14(20)9-5-8(18)6-10(15)12(9)16/h2-6H,18H2,1H3,(H,19,20). The van der Waals surface area contributed by atoms with E-state index in [2.05, 4.69) is 5.32 Å². The molecule has 0 heterocycles. The van der Waals surface area contributed by atoms with Crippen LogP contribution in [0.5, 0.6) is 0 Å². The average molecular weight is 313 g/mol. The van der Waals surface area contributed by atoms with Gasteiger partial charge in [-0.3, -0.25) is 4.79 Å². The maximum atomic E-state index is 13.7. The number of hydrogen-bond acceptors (Lipinski definition) is 2. The fourth-order valence-electron chi connectivity index (χ4n) is 1.75. The van der Waals surface area contributed by atoms with Crippen LogP contribution in [0.4, 0.5) is 15.8 Å². The summed E-state index contributed by atoms with van der Waals surface area (Å²) in [6.45, 7) is 1.69. The molecule has 0 aliphatic carbocycles. The van der Waals surface area contributed by atoms with Crippen LogP contribution in [0, 0.1) is 12.7 Å². The highest BCUT2D eigenvalue weighted by molar-refractivity contribution is 6.44. The van der Waals surface area contributed by atoms with Crippen molar-refractivity contribution in [3.05, 3.63) is 57.3 Å². The minimum atomic E-state index is -0.572. The highest BCUT2D eigenvalue weighted by Crippen LogP contribution is 2.30. The highest BCUT2D eigenvalue weighted by Gasteiger charge is 2.16. The lowest BCUT2D eigenvalue weighted by molar-refractivity contribution is 0.102. The van der Waals surface area contributed by atoms with Crippen LogP contribution < -0.4 is 11.1 Å². The number of rotatable bonds is 2. The van der Waals surface area contributed by atoms with Crippen molar-refractivity contribution in [1.82, 2.24) is 0 Å². The number of nitrogen functional groups attached to an aromatic ring is 1.